The van der Waals surface area contributed by atoms with Gasteiger partial charge in [-0.1, -0.05) is 31.5 Å². The summed E-state index contributed by atoms with van der Waals surface area (Å²) >= 11 is 6.02. The fourth-order valence-electron chi connectivity index (χ4n) is 2.80. The van der Waals surface area contributed by atoms with Crippen LogP contribution in [0.25, 0.3) is 11.0 Å². The first-order valence-electron chi connectivity index (χ1n) is 8.80. The van der Waals surface area contributed by atoms with Gasteiger partial charge in [0.2, 0.25) is 10.0 Å². The van der Waals surface area contributed by atoms with Gasteiger partial charge >= 0.3 is 0 Å². The van der Waals surface area contributed by atoms with Gasteiger partial charge in [0.05, 0.1) is 22.1 Å². The molecule has 0 unspecified atom stereocenters. The Kier molecular flexibility index (Phi) is 6.12. The summed E-state index contributed by atoms with van der Waals surface area (Å²) in [6.45, 7) is 4.75. The minimum atomic E-state index is -3.55. The molecular formula is C19H20ClFN4O2S. The van der Waals surface area contributed by atoms with Gasteiger partial charge in [0.1, 0.15) is 11.6 Å². The van der Waals surface area contributed by atoms with E-state index < -0.39 is 15.8 Å². The van der Waals surface area contributed by atoms with Crippen LogP contribution in [0.15, 0.2) is 47.5 Å². The number of hydrogen-bond donors (Lipinski definition) is 1. The van der Waals surface area contributed by atoms with Crippen LogP contribution in [0.5, 0.6) is 0 Å². The number of hydrogen-bond acceptors (Lipinski definition) is 5. The van der Waals surface area contributed by atoms with Crippen LogP contribution in [0.1, 0.15) is 19.4 Å². The molecule has 1 N–H and O–H groups in total. The zero-order valence-electron chi connectivity index (χ0n) is 15.5. The van der Waals surface area contributed by atoms with Crippen LogP contribution < -0.4 is 5.32 Å². The molecule has 0 saturated heterocycles. The van der Waals surface area contributed by atoms with E-state index in [1.165, 1.54) is 34.8 Å². The molecule has 0 radical (unpaired) electrons. The summed E-state index contributed by atoms with van der Waals surface area (Å²) in [5.41, 5.74) is 1.78. The van der Waals surface area contributed by atoms with Crippen molar-refractivity contribution < 1.29 is 12.8 Å². The molecule has 0 amide bonds. The van der Waals surface area contributed by atoms with Gasteiger partial charge in [-0.3, -0.25) is 4.98 Å². The molecule has 0 saturated carbocycles. The number of aromatic nitrogens is 2. The molecule has 9 heteroatoms. The summed E-state index contributed by atoms with van der Waals surface area (Å²) < 4.78 is 39.8. The normalized spacial score (nSPS) is 11.9. The first-order valence-corrected chi connectivity index (χ1v) is 10.6. The molecule has 2 aromatic carbocycles. The molecule has 0 aliphatic rings. The molecule has 0 aliphatic carbocycles. The minimum Gasteiger partial charge on any atom is -0.365 e. The Bertz CT molecular complexity index is 1100. The Morgan fingerprint density at radius 2 is 1.86 bits per heavy atom. The lowest BCUT2D eigenvalue weighted by molar-refractivity contribution is 0.445. The smallest absolute Gasteiger partial charge is 0.243 e. The van der Waals surface area contributed by atoms with Crippen molar-refractivity contribution >= 4 is 38.5 Å². The monoisotopic (exact) mass is 422 g/mol. The number of nitrogens with one attached hydrogen (secondary N) is 1. The third kappa shape index (κ3) is 4.24. The Balaban J connectivity index is 1.83. The summed E-state index contributed by atoms with van der Waals surface area (Å²) in [5.74, 6) is 0.113. The maximum absolute atomic E-state index is 13.1. The van der Waals surface area contributed by atoms with Crippen molar-refractivity contribution in [1.29, 1.82) is 0 Å². The Labute approximate surface area is 168 Å². The summed E-state index contributed by atoms with van der Waals surface area (Å²) in [4.78, 5) is 8.95. The molecule has 0 spiro atoms. The molecule has 28 heavy (non-hydrogen) atoms. The van der Waals surface area contributed by atoms with Crippen LogP contribution in [-0.2, 0) is 16.6 Å². The summed E-state index contributed by atoms with van der Waals surface area (Å²) in [6.07, 6.45) is 1.52. The molecule has 0 atom stereocenters. The highest BCUT2D eigenvalue weighted by molar-refractivity contribution is 7.89. The molecule has 3 aromatic rings. The van der Waals surface area contributed by atoms with Crippen LogP contribution in [0.4, 0.5) is 10.2 Å². The van der Waals surface area contributed by atoms with Gasteiger partial charge in [-0.25, -0.2) is 17.8 Å². The maximum atomic E-state index is 13.1. The first kappa shape index (κ1) is 20.4. The van der Waals surface area contributed by atoms with Crippen LogP contribution in [-0.4, -0.2) is 35.8 Å². The predicted molar refractivity (Wildman–Crippen MR) is 108 cm³/mol. The second-order valence-electron chi connectivity index (χ2n) is 6.08. The average molecular weight is 423 g/mol. The van der Waals surface area contributed by atoms with E-state index >= 15 is 0 Å². The van der Waals surface area contributed by atoms with Gasteiger partial charge in [-0.2, -0.15) is 4.31 Å². The molecule has 1 heterocycles. The molecule has 0 fully saturated rings. The predicted octanol–water partition coefficient (Wildman–Crippen LogP) is 4.06. The molecule has 3 rings (SSSR count). The van der Waals surface area contributed by atoms with E-state index in [-0.39, 0.29) is 4.90 Å². The number of sulfonamides is 1. The summed E-state index contributed by atoms with van der Waals surface area (Å²) in [6, 6.07) is 8.88. The highest BCUT2D eigenvalue weighted by Crippen LogP contribution is 2.22. The van der Waals surface area contributed by atoms with Crippen molar-refractivity contribution in [2.24, 2.45) is 0 Å². The SMILES string of the molecule is CCN(CC)S(=O)(=O)c1ccc2nc(NCc3ccc(F)cc3Cl)cnc2c1. The van der Waals surface area contributed by atoms with Crippen molar-refractivity contribution in [3.63, 3.8) is 0 Å². The molecule has 148 valence electrons. The van der Waals surface area contributed by atoms with Crippen molar-refractivity contribution in [2.75, 3.05) is 18.4 Å². The Morgan fingerprint density at radius 3 is 2.54 bits per heavy atom. The average Bonchev–Trinajstić information content (AvgIpc) is 2.67. The van der Waals surface area contributed by atoms with Crippen molar-refractivity contribution in [1.82, 2.24) is 14.3 Å². The molecule has 0 bridgehead atoms. The van der Waals surface area contributed by atoms with Crippen LogP contribution in [0.2, 0.25) is 5.02 Å². The summed E-state index contributed by atoms with van der Waals surface area (Å²) in [5, 5.41) is 3.41. The number of benzene rings is 2. The van der Waals surface area contributed by atoms with Crippen molar-refractivity contribution in [3.8, 4) is 0 Å². The lowest BCUT2D eigenvalue weighted by Gasteiger charge is -2.18. The van der Waals surface area contributed by atoms with Crippen LogP contribution in [0.3, 0.4) is 0 Å². The Morgan fingerprint density at radius 1 is 1.11 bits per heavy atom. The molecule has 6 nitrogen and oxygen atoms in total. The van der Waals surface area contributed by atoms with Crippen molar-refractivity contribution in [2.45, 2.75) is 25.3 Å². The van der Waals surface area contributed by atoms with E-state index in [0.29, 0.717) is 41.5 Å². The van der Waals surface area contributed by atoms with Gasteiger partial charge in [-0.15, -0.1) is 0 Å². The molecule has 0 aliphatic heterocycles. The standard InChI is InChI=1S/C19H20ClFN4O2S/c1-3-25(4-2)28(26,27)15-7-8-17-18(10-15)22-12-19(24-17)23-11-13-5-6-14(21)9-16(13)20/h5-10,12H,3-4,11H2,1-2H3,(H,23,24). The van der Waals surface area contributed by atoms with Crippen LogP contribution in [0, 0.1) is 5.82 Å². The number of fused-ring (bicyclic) bond motifs is 1. The van der Waals surface area contributed by atoms with Crippen LogP contribution >= 0.6 is 11.6 Å². The number of anilines is 1. The van der Waals surface area contributed by atoms with E-state index in [4.69, 9.17) is 11.6 Å². The first-order chi connectivity index (χ1) is 13.3. The fraction of sp³-hybridized carbons (Fsp3) is 0.263. The van der Waals surface area contributed by atoms with Gasteiger partial charge in [0.25, 0.3) is 0 Å². The van der Waals surface area contributed by atoms with Crippen molar-refractivity contribution in [3.05, 3.63) is 59.0 Å². The second kappa shape index (κ2) is 8.38. The van der Waals surface area contributed by atoms with Gasteiger partial charge in [0.15, 0.2) is 0 Å². The quantitative estimate of drug-likeness (QED) is 0.621. The third-order valence-electron chi connectivity index (χ3n) is 4.33. The fourth-order valence-corrected chi connectivity index (χ4v) is 4.51. The van der Waals surface area contributed by atoms with E-state index in [1.807, 2.05) is 0 Å². The summed E-state index contributed by atoms with van der Waals surface area (Å²) in [7, 11) is -3.55. The van der Waals surface area contributed by atoms with Gasteiger partial charge < -0.3 is 5.32 Å². The highest BCUT2D eigenvalue weighted by Gasteiger charge is 2.22. The van der Waals surface area contributed by atoms with E-state index in [9.17, 15) is 12.8 Å². The minimum absolute atomic E-state index is 0.191. The maximum Gasteiger partial charge on any atom is 0.243 e. The number of rotatable bonds is 7. The van der Waals surface area contributed by atoms with E-state index in [0.717, 1.165) is 5.56 Å². The Hall–Kier alpha value is -2.29. The highest BCUT2D eigenvalue weighted by atomic mass is 35.5. The largest absolute Gasteiger partial charge is 0.365 e. The second-order valence-corrected chi connectivity index (χ2v) is 8.43. The zero-order valence-corrected chi connectivity index (χ0v) is 17.1. The third-order valence-corrected chi connectivity index (χ3v) is 6.73. The molecular weight excluding hydrogens is 403 g/mol. The lowest BCUT2D eigenvalue weighted by Crippen LogP contribution is -2.30. The van der Waals surface area contributed by atoms with Gasteiger partial charge in [0, 0.05) is 24.7 Å². The topological polar surface area (TPSA) is 75.2 Å². The zero-order chi connectivity index (χ0) is 20.3. The van der Waals surface area contributed by atoms with Gasteiger partial charge in [-0.05, 0) is 35.9 Å². The number of halogens is 2. The molecule has 1 aromatic heterocycles. The van der Waals surface area contributed by atoms with E-state index in [1.54, 1.807) is 26.0 Å². The lowest BCUT2D eigenvalue weighted by atomic mass is 10.2. The van der Waals surface area contributed by atoms with E-state index in [2.05, 4.69) is 15.3 Å². The number of nitrogens with zero attached hydrogens (tertiary/aromatic N) is 3.